The molecular weight excluding hydrogens is 222 g/mol. The van der Waals surface area contributed by atoms with Crippen LogP contribution in [0, 0.1) is 0 Å². The first kappa shape index (κ1) is 15.9. The van der Waals surface area contributed by atoms with Crippen LogP contribution in [0.1, 0.15) is 34.6 Å². The summed E-state index contributed by atoms with van der Waals surface area (Å²) in [5.41, 5.74) is -1.18. The first-order valence-electron chi connectivity index (χ1n) is 5.54. The maximum atomic E-state index is 11.4. The molecule has 0 aliphatic carbocycles. The quantitative estimate of drug-likeness (QED) is 0.650. The molecule has 0 aromatic heterocycles. The molecule has 5 heteroatoms. The number of nitrogens with one attached hydrogen (secondary N) is 1. The molecule has 3 N–H and O–H groups in total. The Labute approximate surface area is 102 Å². The van der Waals surface area contributed by atoms with Crippen molar-refractivity contribution in [1.29, 1.82) is 0 Å². The van der Waals surface area contributed by atoms with Gasteiger partial charge in [0.05, 0.1) is 13.2 Å². The molecule has 100 valence electrons. The van der Waals surface area contributed by atoms with Crippen molar-refractivity contribution in [2.45, 2.75) is 45.8 Å². The molecule has 0 aromatic carbocycles. The zero-order chi connectivity index (χ0) is 13.7. The molecule has 1 atom stereocenters. The second kappa shape index (κ2) is 6.02. The minimum atomic E-state index is -1.45. The lowest BCUT2D eigenvalue weighted by Gasteiger charge is -2.25. The summed E-state index contributed by atoms with van der Waals surface area (Å²) in [4.78, 5) is 11.4. The zero-order valence-electron chi connectivity index (χ0n) is 11.2. The molecule has 0 bridgehead atoms. The molecule has 0 aliphatic heterocycles. The minimum Gasteiger partial charge on any atom is -0.444 e. The van der Waals surface area contributed by atoms with Crippen molar-refractivity contribution in [3.63, 3.8) is 0 Å². The highest BCUT2D eigenvalue weighted by Crippen LogP contribution is 2.10. The predicted octanol–water partition coefficient (Wildman–Crippen LogP) is 1.20. The third-order valence-electron chi connectivity index (χ3n) is 1.77. The van der Waals surface area contributed by atoms with E-state index < -0.39 is 23.9 Å². The van der Waals surface area contributed by atoms with Crippen molar-refractivity contribution in [3.05, 3.63) is 11.6 Å². The minimum absolute atomic E-state index is 0.0937. The Balaban J connectivity index is 4.34. The summed E-state index contributed by atoms with van der Waals surface area (Å²) >= 11 is 0. The molecule has 0 spiro atoms. The van der Waals surface area contributed by atoms with E-state index in [0.29, 0.717) is 0 Å². The van der Waals surface area contributed by atoms with Gasteiger partial charge in [0.25, 0.3) is 0 Å². The highest BCUT2D eigenvalue weighted by Gasteiger charge is 2.25. The number of aliphatic hydroxyl groups excluding tert-OH is 1. The van der Waals surface area contributed by atoms with Crippen LogP contribution in [0.25, 0.3) is 0 Å². The molecule has 0 aromatic rings. The highest BCUT2D eigenvalue weighted by molar-refractivity contribution is 5.67. The van der Waals surface area contributed by atoms with Gasteiger partial charge in [-0.3, -0.25) is 0 Å². The van der Waals surface area contributed by atoms with E-state index in [1.165, 1.54) is 6.08 Å². The fourth-order valence-corrected chi connectivity index (χ4v) is 1.23. The van der Waals surface area contributed by atoms with Gasteiger partial charge >= 0.3 is 6.09 Å². The molecule has 0 saturated carbocycles. The normalized spacial score (nSPS) is 14.8. The Morgan fingerprint density at radius 3 is 2.24 bits per heavy atom. The van der Waals surface area contributed by atoms with Crippen molar-refractivity contribution < 1.29 is 19.7 Å². The van der Waals surface area contributed by atoms with Crippen LogP contribution in [0.2, 0.25) is 0 Å². The van der Waals surface area contributed by atoms with Gasteiger partial charge in [-0.05, 0) is 34.6 Å². The fraction of sp³-hybridized carbons (Fsp3) is 0.750. The smallest absolute Gasteiger partial charge is 0.407 e. The number of ether oxygens (including phenoxy) is 1. The second-order valence-corrected chi connectivity index (χ2v) is 5.34. The summed E-state index contributed by atoms with van der Waals surface area (Å²) in [5, 5.41) is 21.5. The van der Waals surface area contributed by atoms with Gasteiger partial charge in [-0.25, -0.2) is 4.79 Å². The number of allylic oxidation sites excluding steroid dienone is 1. The Kier molecular flexibility index (Phi) is 5.64. The van der Waals surface area contributed by atoms with E-state index in [4.69, 9.17) is 9.84 Å². The highest BCUT2D eigenvalue weighted by atomic mass is 16.6. The lowest BCUT2D eigenvalue weighted by atomic mass is 10.0. The topological polar surface area (TPSA) is 78.8 Å². The van der Waals surface area contributed by atoms with Gasteiger partial charge in [0.1, 0.15) is 11.2 Å². The summed E-state index contributed by atoms with van der Waals surface area (Å²) in [6, 6.07) is 0. The monoisotopic (exact) mass is 245 g/mol. The van der Waals surface area contributed by atoms with E-state index in [1.807, 2.05) is 0 Å². The van der Waals surface area contributed by atoms with Crippen molar-refractivity contribution in [3.8, 4) is 0 Å². The molecule has 1 amide bonds. The summed E-state index contributed by atoms with van der Waals surface area (Å²) in [6.45, 7) is 8.29. The van der Waals surface area contributed by atoms with E-state index >= 15 is 0 Å². The molecular formula is C12H23NO4. The fourth-order valence-electron chi connectivity index (χ4n) is 1.23. The maximum absolute atomic E-state index is 11.4. The number of amides is 1. The summed E-state index contributed by atoms with van der Waals surface area (Å²) in [7, 11) is 0. The van der Waals surface area contributed by atoms with Crippen LogP contribution in [0.15, 0.2) is 11.6 Å². The van der Waals surface area contributed by atoms with Crippen LogP contribution < -0.4 is 5.32 Å². The van der Waals surface area contributed by atoms with E-state index in [0.717, 1.165) is 5.57 Å². The van der Waals surface area contributed by atoms with Crippen molar-refractivity contribution in [2.24, 2.45) is 0 Å². The van der Waals surface area contributed by atoms with Gasteiger partial charge in [-0.2, -0.15) is 0 Å². The van der Waals surface area contributed by atoms with Crippen LogP contribution >= 0.6 is 0 Å². The van der Waals surface area contributed by atoms with E-state index in [2.05, 4.69) is 5.32 Å². The van der Waals surface area contributed by atoms with Crippen molar-refractivity contribution >= 4 is 6.09 Å². The van der Waals surface area contributed by atoms with Crippen LogP contribution in [-0.4, -0.2) is 40.7 Å². The SMILES string of the molecule is CC(C)=CC(O)(CO)CNC(=O)OC(C)(C)C. The van der Waals surface area contributed by atoms with Gasteiger partial charge in [0.15, 0.2) is 0 Å². The van der Waals surface area contributed by atoms with Crippen LogP contribution in [0.5, 0.6) is 0 Å². The van der Waals surface area contributed by atoms with E-state index in [9.17, 15) is 9.90 Å². The molecule has 0 saturated heterocycles. The average Bonchev–Trinajstić information content (AvgIpc) is 2.11. The summed E-state index contributed by atoms with van der Waals surface area (Å²) < 4.78 is 5.02. The van der Waals surface area contributed by atoms with Crippen LogP contribution in [-0.2, 0) is 4.74 Å². The number of carbonyl (C=O) groups is 1. The number of carbonyl (C=O) groups excluding carboxylic acids is 1. The Bertz CT molecular complexity index is 289. The van der Waals surface area contributed by atoms with Crippen LogP contribution in [0.3, 0.4) is 0 Å². The molecule has 0 fully saturated rings. The third kappa shape index (κ3) is 7.76. The lowest BCUT2D eigenvalue weighted by Crippen LogP contribution is -2.45. The Morgan fingerprint density at radius 1 is 1.35 bits per heavy atom. The van der Waals surface area contributed by atoms with Crippen molar-refractivity contribution in [2.75, 3.05) is 13.2 Å². The summed E-state index contributed by atoms with van der Waals surface area (Å²) in [6.07, 6.45) is 0.885. The maximum Gasteiger partial charge on any atom is 0.407 e. The first-order valence-corrected chi connectivity index (χ1v) is 5.54. The van der Waals surface area contributed by atoms with Gasteiger partial charge in [-0.15, -0.1) is 0 Å². The summed E-state index contributed by atoms with van der Waals surface area (Å²) in [5.74, 6) is 0. The molecule has 5 nitrogen and oxygen atoms in total. The first-order chi connectivity index (χ1) is 7.58. The van der Waals surface area contributed by atoms with Crippen molar-refractivity contribution in [1.82, 2.24) is 5.32 Å². The van der Waals surface area contributed by atoms with Gasteiger partial charge in [0.2, 0.25) is 0 Å². The third-order valence-corrected chi connectivity index (χ3v) is 1.77. The number of aliphatic hydroxyl groups is 2. The number of rotatable bonds is 4. The molecule has 17 heavy (non-hydrogen) atoms. The predicted molar refractivity (Wildman–Crippen MR) is 65.7 cm³/mol. The van der Waals surface area contributed by atoms with E-state index in [-0.39, 0.29) is 6.54 Å². The number of alkyl carbamates (subject to hydrolysis) is 1. The number of hydrogen-bond donors (Lipinski definition) is 3. The molecule has 0 heterocycles. The molecule has 0 radical (unpaired) electrons. The number of hydrogen-bond acceptors (Lipinski definition) is 4. The van der Waals surface area contributed by atoms with Gasteiger partial charge in [-0.1, -0.05) is 11.6 Å². The zero-order valence-corrected chi connectivity index (χ0v) is 11.2. The lowest BCUT2D eigenvalue weighted by molar-refractivity contribution is 0.0172. The largest absolute Gasteiger partial charge is 0.444 e. The van der Waals surface area contributed by atoms with E-state index in [1.54, 1.807) is 34.6 Å². The van der Waals surface area contributed by atoms with Gasteiger partial charge in [0, 0.05) is 0 Å². The molecule has 0 aliphatic rings. The average molecular weight is 245 g/mol. The molecule has 1 unspecified atom stereocenters. The molecule has 0 rings (SSSR count). The van der Waals surface area contributed by atoms with Crippen LogP contribution in [0.4, 0.5) is 4.79 Å². The Hall–Kier alpha value is -1.07. The second-order valence-electron chi connectivity index (χ2n) is 5.34. The van der Waals surface area contributed by atoms with Gasteiger partial charge < -0.3 is 20.3 Å². The Morgan fingerprint density at radius 2 is 1.88 bits per heavy atom. The standard InChI is InChI=1S/C12H23NO4/c1-9(2)6-12(16,8-14)7-13-10(15)17-11(3,4)5/h6,14,16H,7-8H2,1-5H3,(H,13,15).